The van der Waals surface area contributed by atoms with Crippen molar-refractivity contribution in [2.45, 2.75) is 45.9 Å². The Morgan fingerprint density at radius 2 is 1.68 bits per heavy atom. The lowest BCUT2D eigenvalue weighted by Crippen LogP contribution is -2.39. The van der Waals surface area contributed by atoms with Crippen LogP contribution in [0, 0.1) is 0 Å². The third kappa shape index (κ3) is 5.94. The van der Waals surface area contributed by atoms with Crippen LogP contribution in [0.25, 0.3) is 0 Å². The smallest absolute Gasteiger partial charge is 0.237 e. The normalized spacial score (nSPS) is 13.4. The summed E-state index contributed by atoms with van der Waals surface area (Å²) >= 11 is 0. The van der Waals surface area contributed by atoms with E-state index < -0.39 is 6.04 Å². The number of rotatable bonds is 5. The van der Waals surface area contributed by atoms with Crippen molar-refractivity contribution >= 4 is 18.3 Å². The molecule has 1 aromatic rings. The minimum atomic E-state index is -0.490. The van der Waals surface area contributed by atoms with E-state index >= 15 is 0 Å². The van der Waals surface area contributed by atoms with Crippen LogP contribution in [0.3, 0.4) is 0 Å². The quantitative estimate of drug-likeness (QED) is 0.874. The molecule has 3 N–H and O–H groups in total. The van der Waals surface area contributed by atoms with Crippen LogP contribution in [-0.2, 0) is 4.79 Å². The second kappa shape index (κ2) is 8.02. The largest absolute Gasteiger partial charge is 0.491 e. The fraction of sp³-hybridized carbons (Fsp3) is 0.500. The van der Waals surface area contributed by atoms with Crippen LogP contribution in [0.2, 0.25) is 0 Å². The lowest BCUT2D eigenvalue weighted by atomic mass is 10.1. The van der Waals surface area contributed by atoms with Crippen molar-refractivity contribution in [1.82, 2.24) is 5.32 Å². The van der Waals surface area contributed by atoms with Gasteiger partial charge in [0.1, 0.15) is 5.75 Å². The molecule has 2 atom stereocenters. The van der Waals surface area contributed by atoms with Gasteiger partial charge in [-0.05, 0) is 45.4 Å². The molecule has 0 aromatic heterocycles. The van der Waals surface area contributed by atoms with E-state index in [4.69, 9.17) is 10.5 Å². The van der Waals surface area contributed by atoms with Crippen molar-refractivity contribution in [1.29, 1.82) is 0 Å². The lowest BCUT2D eigenvalue weighted by Gasteiger charge is -2.17. The van der Waals surface area contributed by atoms with E-state index in [1.807, 2.05) is 45.0 Å². The number of halogens is 1. The number of amides is 1. The van der Waals surface area contributed by atoms with E-state index in [0.717, 1.165) is 11.3 Å². The van der Waals surface area contributed by atoms with Crippen molar-refractivity contribution in [3.63, 3.8) is 0 Å². The van der Waals surface area contributed by atoms with Gasteiger partial charge in [-0.3, -0.25) is 4.79 Å². The Balaban J connectivity index is 0.00000324. The number of carbonyl (C=O) groups excluding carboxylic acids is 1. The van der Waals surface area contributed by atoms with Crippen molar-refractivity contribution in [2.24, 2.45) is 5.73 Å². The summed E-state index contributed by atoms with van der Waals surface area (Å²) in [6, 6.07) is 7.16. The van der Waals surface area contributed by atoms with Crippen LogP contribution in [0.4, 0.5) is 0 Å². The molecular formula is C14H23ClN2O2. The molecule has 0 aliphatic heterocycles. The van der Waals surface area contributed by atoms with Gasteiger partial charge in [0.05, 0.1) is 18.2 Å². The monoisotopic (exact) mass is 286 g/mol. The number of carbonyl (C=O) groups is 1. The predicted molar refractivity (Wildman–Crippen MR) is 79.7 cm³/mol. The highest BCUT2D eigenvalue weighted by atomic mass is 35.5. The summed E-state index contributed by atoms with van der Waals surface area (Å²) < 4.78 is 5.56. The molecule has 19 heavy (non-hydrogen) atoms. The Bertz CT molecular complexity index is 391. The lowest BCUT2D eigenvalue weighted by molar-refractivity contribution is -0.122. The van der Waals surface area contributed by atoms with Crippen LogP contribution < -0.4 is 15.8 Å². The van der Waals surface area contributed by atoms with E-state index in [2.05, 4.69) is 5.32 Å². The Morgan fingerprint density at radius 3 is 2.11 bits per heavy atom. The van der Waals surface area contributed by atoms with Crippen LogP contribution in [0.1, 0.15) is 39.3 Å². The summed E-state index contributed by atoms with van der Waals surface area (Å²) in [4.78, 5) is 11.5. The number of benzene rings is 1. The van der Waals surface area contributed by atoms with Crippen LogP contribution in [0.5, 0.6) is 5.75 Å². The molecule has 0 bridgehead atoms. The molecule has 0 fully saturated rings. The van der Waals surface area contributed by atoms with Gasteiger partial charge in [-0.2, -0.15) is 0 Å². The maximum absolute atomic E-state index is 11.5. The van der Waals surface area contributed by atoms with Gasteiger partial charge < -0.3 is 15.8 Å². The van der Waals surface area contributed by atoms with Gasteiger partial charge in [0, 0.05) is 0 Å². The van der Waals surface area contributed by atoms with Gasteiger partial charge in [0.2, 0.25) is 5.91 Å². The van der Waals surface area contributed by atoms with Crippen LogP contribution in [-0.4, -0.2) is 18.1 Å². The first-order chi connectivity index (χ1) is 8.40. The molecule has 1 unspecified atom stereocenters. The molecule has 5 heteroatoms. The Hall–Kier alpha value is -1.26. The fourth-order valence-electron chi connectivity index (χ4n) is 1.54. The summed E-state index contributed by atoms with van der Waals surface area (Å²) in [6.45, 7) is 7.57. The molecular weight excluding hydrogens is 264 g/mol. The number of nitrogens with two attached hydrogens (primary N) is 1. The third-order valence-corrected chi connectivity index (χ3v) is 2.52. The molecule has 0 aliphatic rings. The van der Waals surface area contributed by atoms with Crippen LogP contribution >= 0.6 is 12.4 Å². The first kappa shape index (κ1) is 17.7. The molecule has 4 nitrogen and oxygen atoms in total. The van der Waals surface area contributed by atoms with Gasteiger partial charge in [0.25, 0.3) is 0 Å². The highest BCUT2D eigenvalue weighted by molar-refractivity contribution is 5.85. The Morgan fingerprint density at radius 1 is 1.16 bits per heavy atom. The molecule has 0 saturated heterocycles. The molecule has 0 saturated carbocycles. The molecule has 0 aliphatic carbocycles. The topological polar surface area (TPSA) is 64.3 Å². The second-order valence-corrected chi connectivity index (χ2v) is 4.75. The zero-order valence-electron chi connectivity index (χ0n) is 11.8. The molecule has 108 valence electrons. The highest BCUT2D eigenvalue weighted by Gasteiger charge is 2.12. The van der Waals surface area contributed by atoms with Gasteiger partial charge in [-0.25, -0.2) is 0 Å². The van der Waals surface area contributed by atoms with Crippen LogP contribution in [0.15, 0.2) is 24.3 Å². The molecule has 0 spiro atoms. The predicted octanol–water partition coefficient (Wildman–Crippen LogP) is 2.42. The van der Waals surface area contributed by atoms with E-state index in [1.54, 1.807) is 6.92 Å². The minimum Gasteiger partial charge on any atom is -0.491 e. The molecule has 1 amide bonds. The summed E-state index contributed by atoms with van der Waals surface area (Å²) in [6.07, 6.45) is 0.158. The van der Waals surface area contributed by atoms with Crippen molar-refractivity contribution in [3.8, 4) is 5.75 Å². The Kier molecular flexibility index (Phi) is 7.49. The first-order valence-corrected chi connectivity index (χ1v) is 6.22. The maximum atomic E-state index is 11.5. The average Bonchev–Trinajstić information content (AvgIpc) is 2.28. The van der Waals surface area contributed by atoms with E-state index in [1.165, 1.54) is 0 Å². The summed E-state index contributed by atoms with van der Waals surface area (Å²) in [5.41, 5.74) is 6.54. The van der Waals surface area contributed by atoms with Gasteiger partial charge in [-0.1, -0.05) is 12.1 Å². The molecule has 0 heterocycles. The molecule has 0 radical (unpaired) electrons. The number of nitrogens with one attached hydrogen (secondary N) is 1. The summed E-state index contributed by atoms with van der Waals surface area (Å²) in [5, 5.41) is 2.85. The fourth-order valence-corrected chi connectivity index (χ4v) is 1.54. The van der Waals surface area contributed by atoms with Crippen molar-refractivity contribution < 1.29 is 9.53 Å². The maximum Gasteiger partial charge on any atom is 0.237 e. The van der Waals surface area contributed by atoms with E-state index in [0.29, 0.717) is 0 Å². The number of ether oxygens (including phenoxy) is 1. The van der Waals surface area contributed by atoms with Gasteiger partial charge >= 0.3 is 0 Å². The summed E-state index contributed by atoms with van der Waals surface area (Å²) in [5.74, 6) is 0.685. The van der Waals surface area contributed by atoms with Gasteiger partial charge in [0.15, 0.2) is 0 Å². The standard InChI is InChI=1S/C14H22N2O2.ClH/c1-9(2)18-13-7-5-12(6-8-13)11(4)16-14(17)10(3)15;/h5-11H,15H2,1-4H3,(H,16,17);1H/t10-,11?;/m1./s1. The SMILES string of the molecule is CC(C)Oc1ccc(C(C)NC(=O)[C@@H](C)N)cc1.Cl. The van der Waals surface area contributed by atoms with Crippen molar-refractivity contribution in [2.75, 3.05) is 0 Å². The van der Waals surface area contributed by atoms with E-state index in [9.17, 15) is 4.79 Å². The minimum absolute atomic E-state index is 0. The Labute approximate surface area is 121 Å². The van der Waals surface area contributed by atoms with Crippen molar-refractivity contribution in [3.05, 3.63) is 29.8 Å². The summed E-state index contributed by atoms with van der Waals surface area (Å²) in [7, 11) is 0. The zero-order valence-corrected chi connectivity index (χ0v) is 12.7. The second-order valence-electron chi connectivity index (χ2n) is 4.75. The third-order valence-electron chi connectivity index (χ3n) is 2.52. The first-order valence-electron chi connectivity index (χ1n) is 6.22. The van der Waals surface area contributed by atoms with E-state index in [-0.39, 0.29) is 30.5 Å². The van der Waals surface area contributed by atoms with Gasteiger partial charge in [-0.15, -0.1) is 12.4 Å². The molecule has 1 aromatic carbocycles. The number of hydrogen-bond donors (Lipinski definition) is 2. The molecule has 1 rings (SSSR count). The number of hydrogen-bond acceptors (Lipinski definition) is 3. The highest BCUT2D eigenvalue weighted by Crippen LogP contribution is 2.18. The average molecular weight is 287 g/mol. The zero-order chi connectivity index (χ0) is 13.7.